The highest BCUT2D eigenvalue weighted by Gasteiger charge is 2.16. The summed E-state index contributed by atoms with van der Waals surface area (Å²) in [5.41, 5.74) is 8.02. The van der Waals surface area contributed by atoms with E-state index in [1.54, 1.807) is 0 Å². The molecule has 168 valence electrons. The van der Waals surface area contributed by atoms with Crippen LogP contribution in [-0.4, -0.2) is 50.2 Å². The van der Waals surface area contributed by atoms with Gasteiger partial charge < -0.3 is 9.64 Å². The first-order chi connectivity index (χ1) is 15.7. The lowest BCUT2D eigenvalue weighted by atomic mass is 10.0. The number of ether oxygens (including phenoxy) is 1. The van der Waals surface area contributed by atoms with Crippen molar-refractivity contribution in [1.82, 2.24) is 0 Å². The van der Waals surface area contributed by atoms with E-state index in [0.717, 1.165) is 45.7 Å². The lowest BCUT2D eigenvalue weighted by molar-refractivity contribution is -0.547. The van der Waals surface area contributed by atoms with Crippen molar-refractivity contribution in [3.05, 3.63) is 83.0 Å². The third-order valence-electron chi connectivity index (χ3n) is 6.48. The molecule has 1 saturated heterocycles. The molecule has 1 aliphatic heterocycles. The minimum Gasteiger partial charge on any atom is -0.375 e. The quantitative estimate of drug-likeness (QED) is 0.393. The second-order valence-corrected chi connectivity index (χ2v) is 8.99. The first kappa shape index (κ1) is 22.5. The van der Waals surface area contributed by atoms with Gasteiger partial charge in [-0.25, -0.2) is 4.58 Å². The maximum Gasteiger partial charge on any atom is 0.200 e. The number of benzene rings is 1. The Morgan fingerprint density at radius 2 is 1.69 bits per heavy atom. The van der Waals surface area contributed by atoms with E-state index in [1.807, 2.05) is 0 Å². The zero-order valence-electron chi connectivity index (χ0n) is 19.7. The number of allylic oxidation sites excluding steroid dienone is 9. The number of hydrogen-bond donors (Lipinski definition) is 0. The number of anilines is 1. The van der Waals surface area contributed by atoms with Gasteiger partial charge in [0, 0.05) is 31.4 Å². The predicted molar refractivity (Wildman–Crippen MR) is 137 cm³/mol. The first-order valence-corrected chi connectivity index (χ1v) is 12.2. The van der Waals surface area contributed by atoms with E-state index in [0.29, 0.717) is 0 Å². The standard InChI is InChI=1S/C29H37N2O/c1-3-4-5-16-30(2)28-12-8-24(9-13-28)21-26-6-7-27(23-26)22-25-10-14-29(15-11-25)31-17-19-32-20-18-31/h8-15,21-23H,3-7,16-20H2,1-2H3/q+1. The summed E-state index contributed by atoms with van der Waals surface area (Å²) in [4.78, 5) is 2.36. The van der Waals surface area contributed by atoms with Crippen LogP contribution in [0, 0.1) is 0 Å². The molecule has 0 bridgehead atoms. The number of rotatable bonds is 7. The first-order valence-electron chi connectivity index (χ1n) is 12.2. The van der Waals surface area contributed by atoms with Crippen LogP contribution in [0.5, 0.6) is 0 Å². The fourth-order valence-corrected chi connectivity index (χ4v) is 4.48. The highest BCUT2D eigenvalue weighted by atomic mass is 16.5. The second kappa shape index (κ2) is 11.3. The maximum atomic E-state index is 5.46. The van der Waals surface area contributed by atoms with E-state index in [4.69, 9.17) is 4.74 Å². The molecule has 0 saturated carbocycles. The van der Waals surface area contributed by atoms with Crippen LogP contribution in [-0.2, 0) is 4.74 Å². The molecular weight excluding hydrogens is 392 g/mol. The molecule has 32 heavy (non-hydrogen) atoms. The van der Waals surface area contributed by atoms with Crippen molar-refractivity contribution in [1.29, 1.82) is 0 Å². The fraction of sp³-hybridized carbons (Fsp3) is 0.414. The Morgan fingerprint density at radius 1 is 0.938 bits per heavy atom. The third-order valence-corrected chi connectivity index (χ3v) is 6.48. The fourth-order valence-electron chi connectivity index (χ4n) is 4.48. The van der Waals surface area contributed by atoms with Gasteiger partial charge in [-0.2, -0.15) is 0 Å². The topological polar surface area (TPSA) is 15.5 Å². The average molecular weight is 430 g/mol. The average Bonchev–Trinajstić information content (AvgIpc) is 3.27. The molecule has 0 amide bonds. The summed E-state index contributed by atoms with van der Waals surface area (Å²) in [5.74, 6) is 0. The Kier molecular flexibility index (Phi) is 7.95. The van der Waals surface area contributed by atoms with Crippen LogP contribution in [0.1, 0.15) is 44.6 Å². The number of morpholine rings is 1. The smallest absolute Gasteiger partial charge is 0.200 e. The lowest BCUT2D eigenvalue weighted by Gasteiger charge is -2.19. The minimum atomic E-state index is 0.828. The largest absolute Gasteiger partial charge is 0.375 e. The number of unbranched alkanes of at least 4 members (excludes halogenated alkanes) is 2. The van der Waals surface area contributed by atoms with Gasteiger partial charge in [-0.05, 0) is 65.8 Å². The lowest BCUT2D eigenvalue weighted by Crippen LogP contribution is -2.32. The van der Waals surface area contributed by atoms with Gasteiger partial charge in [0.25, 0.3) is 0 Å². The SMILES string of the molecule is CCCCCN(C)c1ccc(/C=C2/C=C(C=C3C=CC(=[N+]4CCOCC4)C=C3)CC2)cc1. The molecule has 4 rings (SSSR count). The van der Waals surface area contributed by atoms with Crippen molar-refractivity contribution in [2.24, 2.45) is 0 Å². The molecule has 0 radical (unpaired) electrons. The molecule has 0 atom stereocenters. The second-order valence-electron chi connectivity index (χ2n) is 8.99. The molecule has 3 nitrogen and oxygen atoms in total. The zero-order chi connectivity index (χ0) is 22.2. The zero-order valence-corrected chi connectivity index (χ0v) is 19.7. The van der Waals surface area contributed by atoms with Crippen LogP contribution >= 0.6 is 0 Å². The number of hydrogen-bond acceptors (Lipinski definition) is 2. The summed E-state index contributed by atoms with van der Waals surface area (Å²) in [6.07, 6.45) is 22.1. The van der Waals surface area contributed by atoms with Crippen LogP contribution in [0.4, 0.5) is 5.69 Å². The van der Waals surface area contributed by atoms with Crippen molar-refractivity contribution in [2.45, 2.75) is 39.0 Å². The van der Waals surface area contributed by atoms with Gasteiger partial charge in [0.05, 0.1) is 0 Å². The summed E-state index contributed by atoms with van der Waals surface area (Å²) < 4.78 is 7.86. The molecule has 0 aromatic heterocycles. The Balaban J connectivity index is 1.36. The summed E-state index contributed by atoms with van der Waals surface area (Å²) >= 11 is 0. The van der Waals surface area contributed by atoms with Crippen molar-refractivity contribution >= 4 is 17.5 Å². The monoisotopic (exact) mass is 429 g/mol. The van der Waals surface area contributed by atoms with Crippen LogP contribution in [0.15, 0.2) is 77.4 Å². The van der Waals surface area contributed by atoms with Crippen molar-refractivity contribution in [3.63, 3.8) is 0 Å². The molecule has 1 aromatic carbocycles. The van der Waals surface area contributed by atoms with E-state index in [-0.39, 0.29) is 0 Å². The van der Waals surface area contributed by atoms with E-state index < -0.39 is 0 Å². The number of nitrogens with zero attached hydrogens (tertiary/aromatic N) is 2. The van der Waals surface area contributed by atoms with Crippen LogP contribution in [0.3, 0.4) is 0 Å². The van der Waals surface area contributed by atoms with Gasteiger partial charge in [0.15, 0.2) is 18.8 Å². The van der Waals surface area contributed by atoms with Crippen LogP contribution in [0.25, 0.3) is 6.08 Å². The molecule has 1 aromatic rings. The molecule has 2 aliphatic carbocycles. The summed E-state index contributed by atoms with van der Waals surface area (Å²) in [5, 5.41) is 0. The molecule has 3 heteroatoms. The van der Waals surface area contributed by atoms with Gasteiger partial charge in [0.1, 0.15) is 13.2 Å². The summed E-state index contributed by atoms with van der Waals surface area (Å²) in [7, 11) is 2.19. The molecule has 0 N–H and O–H groups in total. The van der Waals surface area contributed by atoms with Gasteiger partial charge in [-0.3, -0.25) is 0 Å². The van der Waals surface area contributed by atoms with Crippen LogP contribution in [0.2, 0.25) is 0 Å². The minimum absolute atomic E-state index is 0.828. The van der Waals surface area contributed by atoms with E-state index in [1.165, 1.54) is 52.9 Å². The molecule has 0 spiro atoms. The van der Waals surface area contributed by atoms with Crippen molar-refractivity contribution in [2.75, 3.05) is 44.8 Å². The molecular formula is C29H37N2O+. The van der Waals surface area contributed by atoms with E-state index in [9.17, 15) is 0 Å². The van der Waals surface area contributed by atoms with Gasteiger partial charge in [0.2, 0.25) is 0 Å². The van der Waals surface area contributed by atoms with Crippen molar-refractivity contribution in [3.8, 4) is 0 Å². The Hall–Kier alpha value is -2.65. The van der Waals surface area contributed by atoms with E-state index >= 15 is 0 Å². The molecule has 1 fully saturated rings. The van der Waals surface area contributed by atoms with Crippen molar-refractivity contribution < 1.29 is 9.31 Å². The van der Waals surface area contributed by atoms with Gasteiger partial charge >= 0.3 is 0 Å². The Labute approximate surface area is 193 Å². The summed E-state index contributed by atoms with van der Waals surface area (Å²) in [6.45, 7) is 7.01. The normalized spacial score (nSPS) is 19.6. The molecule has 1 heterocycles. The molecule has 3 aliphatic rings. The highest BCUT2D eigenvalue weighted by Crippen LogP contribution is 2.28. The van der Waals surface area contributed by atoms with Gasteiger partial charge in [-0.1, -0.05) is 50.1 Å². The molecule has 0 unspecified atom stereocenters. The Morgan fingerprint density at radius 3 is 2.41 bits per heavy atom. The van der Waals surface area contributed by atoms with Gasteiger partial charge in [-0.15, -0.1) is 0 Å². The van der Waals surface area contributed by atoms with E-state index in [2.05, 4.69) is 90.2 Å². The predicted octanol–water partition coefficient (Wildman–Crippen LogP) is 5.95. The Bertz CT molecular complexity index is 947. The third kappa shape index (κ3) is 6.20. The summed E-state index contributed by atoms with van der Waals surface area (Å²) in [6, 6.07) is 9.00. The highest BCUT2D eigenvalue weighted by molar-refractivity contribution is 6.02. The maximum absolute atomic E-state index is 5.46. The van der Waals surface area contributed by atoms with Crippen LogP contribution < -0.4 is 4.90 Å².